The summed E-state index contributed by atoms with van der Waals surface area (Å²) in [5, 5.41) is 0.602. The Hall–Kier alpha value is -3.83. The van der Waals surface area contributed by atoms with Gasteiger partial charge in [0.15, 0.2) is 0 Å². The van der Waals surface area contributed by atoms with E-state index in [1.165, 1.54) is 24.5 Å². The number of aromatic nitrogens is 2. The maximum Gasteiger partial charge on any atom is 0.277 e. The monoisotopic (exact) mass is 559 g/mol. The first kappa shape index (κ1) is 28.2. The second kappa shape index (κ2) is 11.9. The number of nitrogens with two attached hydrogens (primary N) is 1. The van der Waals surface area contributed by atoms with Crippen molar-refractivity contribution in [1.82, 2.24) is 14.5 Å². The van der Waals surface area contributed by atoms with Crippen LogP contribution in [-0.2, 0) is 4.79 Å². The van der Waals surface area contributed by atoms with E-state index in [1.807, 2.05) is 7.05 Å². The number of hydrogen-bond acceptors (Lipinski definition) is 6. The molecule has 2 amide bonds. The lowest BCUT2D eigenvalue weighted by atomic mass is 9.97. The maximum atomic E-state index is 14.5. The number of primary amides is 1. The van der Waals surface area contributed by atoms with Crippen LogP contribution < -0.4 is 20.9 Å². The average molecular weight is 560 g/mol. The van der Waals surface area contributed by atoms with E-state index in [4.69, 9.17) is 22.1 Å². The molecule has 0 bridgehead atoms. The first-order chi connectivity index (χ1) is 18.6. The van der Waals surface area contributed by atoms with Crippen molar-refractivity contribution in [1.29, 1.82) is 0 Å². The Bertz CT molecular complexity index is 1410. The number of ether oxygens (including phenoxy) is 1. The Morgan fingerprint density at radius 2 is 1.79 bits per heavy atom. The number of likely N-dealkylation sites (N-methyl/N-ethyl adjacent to an activating group) is 1. The van der Waals surface area contributed by atoms with Gasteiger partial charge in [0.1, 0.15) is 23.1 Å². The van der Waals surface area contributed by atoms with E-state index >= 15 is 0 Å². The summed E-state index contributed by atoms with van der Waals surface area (Å²) in [6.07, 6.45) is 3.57. The standard InChI is InChI=1S/C20H22F2N4O3.C7H6ClNO/c1-24-4-3-13(10-24)26-11-23-8-17(20(26)28)25-9-12(5-18(25)27)19-15(21)6-14(29-2)7-16(19)22;8-6-3-1-5(2-4-6)7(9)10/h6-8,11-13H,3-5,9-10H2,1-2H3;1-4H,(H2,9,10). The number of likely N-dealkylation sites (tertiary alicyclic amines) is 1. The average Bonchev–Trinajstić information content (AvgIpc) is 3.49. The molecule has 0 saturated carbocycles. The minimum absolute atomic E-state index is 0.00932. The van der Waals surface area contributed by atoms with Gasteiger partial charge in [0.25, 0.3) is 5.56 Å². The normalized spacial score (nSPS) is 19.1. The zero-order valence-corrected chi connectivity index (χ0v) is 22.2. The lowest BCUT2D eigenvalue weighted by Crippen LogP contribution is -2.35. The molecule has 0 radical (unpaired) electrons. The third-order valence-corrected chi connectivity index (χ3v) is 7.09. The molecule has 3 heterocycles. The Kier molecular flexibility index (Phi) is 8.61. The smallest absolute Gasteiger partial charge is 0.277 e. The van der Waals surface area contributed by atoms with Crippen molar-refractivity contribution in [2.45, 2.75) is 24.8 Å². The van der Waals surface area contributed by atoms with E-state index in [1.54, 1.807) is 28.8 Å². The van der Waals surface area contributed by atoms with Gasteiger partial charge in [-0.2, -0.15) is 0 Å². The van der Waals surface area contributed by atoms with Gasteiger partial charge < -0.3 is 20.3 Å². The molecule has 2 aliphatic rings. The van der Waals surface area contributed by atoms with Crippen molar-refractivity contribution in [3.63, 3.8) is 0 Å². The quantitative estimate of drug-likeness (QED) is 0.513. The van der Waals surface area contributed by atoms with E-state index in [2.05, 4.69) is 9.88 Å². The molecule has 2 N–H and O–H groups in total. The zero-order valence-electron chi connectivity index (χ0n) is 21.4. The molecule has 0 aliphatic carbocycles. The van der Waals surface area contributed by atoms with E-state index in [-0.39, 0.29) is 47.5 Å². The van der Waals surface area contributed by atoms with Gasteiger partial charge in [0.05, 0.1) is 25.7 Å². The third-order valence-electron chi connectivity index (χ3n) is 6.84. The summed E-state index contributed by atoms with van der Waals surface area (Å²) in [7, 11) is 3.30. The van der Waals surface area contributed by atoms with Crippen LogP contribution in [0.2, 0.25) is 5.02 Å². The molecule has 1 aromatic heterocycles. The number of methoxy groups -OCH3 is 1. The molecule has 5 rings (SSSR count). The number of carbonyl (C=O) groups is 2. The highest BCUT2D eigenvalue weighted by molar-refractivity contribution is 6.30. The number of halogens is 3. The number of hydrogen-bond donors (Lipinski definition) is 1. The van der Waals surface area contributed by atoms with Crippen LogP contribution in [0.5, 0.6) is 5.75 Å². The molecular weight excluding hydrogens is 532 g/mol. The fourth-order valence-corrected chi connectivity index (χ4v) is 4.94. The molecule has 0 spiro atoms. The first-order valence-corrected chi connectivity index (χ1v) is 12.6. The van der Waals surface area contributed by atoms with E-state index in [0.717, 1.165) is 31.6 Å². The fourth-order valence-electron chi connectivity index (χ4n) is 4.82. The van der Waals surface area contributed by atoms with Crippen molar-refractivity contribution in [2.24, 2.45) is 5.73 Å². The molecule has 2 saturated heterocycles. The van der Waals surface area contributed by atoms with Gasteiger partial charge in [-0.15, -0.1) is 0 Å². The van der Waals surface area contributed by atoms with Crippen LogP contribution in [0, 0.1) is 11.6 Å². The molecule has 2 aliphatic heterocycles. The molecule has 2 atom stereocenters. The van der Waals surface area contributed by atoms with Crippen molar-refractivity contribution in [3.05, 3.63) is 87.1 Å². The Morgan fingerprint density at radius 1 is 1.13 bits per heavy atom. The summed E-state index contributed by atoms with van der Waals surface area (Å²) in [4.78, 5) is 43.7. The zero-order chi connectivity index (χ0) is 28.3. The highest BCUT2D eigenvalue weighted by atomic mass is 35.5. The fraction of sp³-hybridized carbons (Fsp3) is 0.333. The second-order valence-corrected chi connectivity index (χ2v) is 9.91. The van der Waals surface area contributed by atoms with Crippen LogP contribution in [0.15, 0.2) is 53.7 Å². The van der Waals surface area contributed by atoms with Crippen LogP contribution in [0.25, 0.3) is 0 Å². The van der Waals surface area contributed by atoms with Crippen LogP contribution in [-0.4, -0.2) is 60.1 Å². The summed E-state index contributed by atoms with van der Waals surface area (Å²) in [6, 6.07) is 8.61. The van der Waals surface area contributed by atoms with Gasteiger partial charge in [-0.05, 0) is 44.3 Å². The molecule has 39 heavy (non-hydrogen) atoms. The molecule has 9 nitrogen and oxygen atoms in total. The summed E-state index contributed by atoms with van der Waals surface area (Å²) in [5.41, 5.74) is 5.12. The molecule has 2 fully saturated rings. The lowest BCUT2D eigenvalue weighted by molar-refractivity contribution is -0.117. The van der Waals surface area contributed by atoms with Crippen LogP contribution in [0.4, 0.5) is 14.5 Å². The number of rotatable bonds is 5. The van der Waals surface area contributed by atoms with Gasteiger partial charge >= 0.3 is 0 Å². The molecular formula is C27H28ClF2N5O4. The van der Waals surface area contributed by atoms with E-state index in [0.29, 0.717) is 10.6 Å². The van der Waals surface area contributed by atoms with E-state index in [9.17, 15) is 23.2 Å². The number of amides is 2. The number of nitrogens with zero attached hydrogens (tertiary/aromatic N) is 4. The summed E-state index contributed by atoms with van der Waals surface area (Å²) < 4.78 is 35.3. The predicted molar refractivity (Wildman–Crippen MR) is 142 cm³/mol. The van der Waals surface area contributed by atoms with Crippen LogP contribution in [0.3, 0.4) is 0 Å². The highest BCUT2D eigenvalue weighted by Gasteiger charge is 2.37. The first-order valence-electron chi connectivity index (χ1n) is 12.2. The van der Waals surface area contributed by atoms with Gasteiger partial charge in [-0.3, -0.25) is 19.0 Å². The largest absolute Gasteiger partial charge is 0.497 e. The van der Waals surface area contributed by atoms with Crippen LogP contribution in [0.1, 0.15) is 40.7 Å². The summed E-state index contributed by atoms with van der Waals surface area (Å²) in [5.74, 6) is -2.94. The topological polar surface area (TPSA) is 111 Å². The van der Waals surface area contributed by atoms with Gasteiger partial charge in [0.2, 0.25) is 11.8 Å². The number of anilines is 1. The minimum Gasteiger partial charge on any atom is -0.497 e. The Labute approximate surface area is 228 Å². The lowest BCUT2D eigenvalue weighted by Gasteiger charge is -2.20. The molecule has 2 unspecified atom stereocenters. The van der Waals surface area contributed by atoms with Crippen molar-refractivity contribution < 1.29 is 23.1 Å². The molecule has 3 aromatic rings. The van der Waals surface area contributed by atoms with Crippen LogP contribution >= 0.6 is 11.6 Å². The van der Waals surface area contributed by atoms with Crippen molar-refractivity contribution in [2.75, 3.05) is 38.7 Å². The number of benzene rings is 2. The summed E-state index contributed by atoms with van der Waals surface area (Å²) >= 11 is 5.56. The minimum atomic E-state index is -0.765. The Balaban J connectivity index is 0.000000298. The molecule has 2 aromatic carbocycles. The SMILES string of the molecule is COc1cc(F)c(C2CC(=O)N(c3cncn(C4CCN(C)C4)c3=O)C2)c(F)c1.NC(=O)c1ccc(Cl)cc1. The number of carbonyl (C=O) groups excluding carboxylic acids is 2. The van der Waals surface area contributed by atoms with Gasteiger partial charge in [-0.25, -0.2) is 13.8 Å². The summed E-state index contributed by atoms with van der Waals surface area (Å²) in [6.45, 7) is 1.62. The second-order valence-electron chi connectivity index (χ2n) is 9.48. The molecule has 206 valence electrons. The predicted octanol–water partition coefficient (Wildman–Crippen LogP) is 3.37. The van der Waals surface area contributed by atoms with Gasteiger partial charge in [-0.1, -0.05) is 11.6 Å². The Morgan fingerprint density at radius 3 is 2.36 bits per heavy atom. The van der Waals surface area contributed by atoms with Crippen molar-refractivity contribution in [3.8, 4) is 5.75 Å². The highest BCUT2D eigenvalue weighted by Crippen LogP contribution is 2.35. The van der Waals surface area contributed by atoms with E-state index < -0.39 is 23.5 Å². The maximum absolute atomic E-state index is 14.5. The third kappa shape index (κ3) is 6.26. The van der Waals surface area contributed by atoms with Gasteiger partial charge in [0, 0.05) is 53.7 Å². The van der Waals surface area contributed by atoms with Crippen molar-refractivity contribution >= 4 is 29.1 Å². The molecule has 12 heteroatoms.